The lowest BCUT2D eigenvalue weighted by Gasteiger charge is -2.25. The van der Waals surface area contributed by atoms with Gasteiger partial charge in [-0.25, -0.2) is 4.79 Å². The number of carbonyl (C=O) groups excluding carboxylic acids is 1. The first-order chi connectivity index (χ1) is 10.2. The first kappa shape index (κ1) is 14.6. The molecule has 2 aromatic rings. The summed E-state index contributed by atoms with van der Waals surface area (Å²) in [5, 5.41) is 3.52. The quantitative estimate of drug-likeness (QED) is 0.794. The van der Waals surface area contributed by atoms with Crippen LogP contribution >= 0.6 is 27.3 Å². The molecule has 1 N–H and O–H groups in total. The van der Waals surface area contributed by atoms with Crippen molar-refractivity contribution in [3.8, 4) is 0 Å². The fourth-order valence-electron chi connectivity index (χ4n) is 2.76. The van der Waals surface area contributed by atoms with E-state index < -0.39 is 0 Å². The van der Waals surface area contributed by atoms with Crippen LogP contribution in [0.3, 0.4) is 0 Å². The molecule has 5 heteroatoms. The minimum Gasteiger partial charge on any atom is -0.465 e. The van der Waals surface area contributed by atoms with E-state index in [1.807, 2.05) is 18.2 Å². The highest BCUT2D eigenvalue weighted by Crippen LogP contribution is 2.39. The molecule has 21 heavy (non-hydrogen) atoms. The standard InChI is InChI=1S/C16H16BrNO2S/c1-20-16(19)10-5-2-3-6-12(10)18-13-7-4-8-14-11(13)9-15(17)21-14/h2-3,5-6,9,13,18H,4,7-8H2,1H3. The predicted octanol–water partition coefficient (Wildman–Crippen LogP) is 4.79. The number of thiophene rings is 1. The lowest BCUT2D eigenvalue weighted by molar-refractivity contribution is 0.0602. The van der Waals surface area contributed by atoms with Gasteiger partial charge in [0.15, 0.2) is 0 Å². The minimum atomic E-state index is -0.305. The van der Waals surface area contributed by atoms with E-state index in [1.165, 1.54) is 21.3 Å². The molecule has 110 valence electrons. The lowest BCUT2D eigenvalue weighted by atomic mass is 9.93. The Labute approximate surface area is 136 Å². The maximum atomic E-state index is 11.9. The molecule has 1 unspecified atom stereocenters. The maximum Gasteiger partial charge on any atom is 0.339 e. The van der Waals surface area contributed by atoms with Crippen molar-refractivity contribution in [1.29, 1.82) is 0 Å². The molecule has 1 aromatic carbocycles. The molecule has 1 aliphatic carbocycles. The van der Waals surface area contributed by atoms with Crippen molar-refractivity contribution in [2.24, 2.45) is 0 Å². The number of halogens is 1. The van der Waals surface area contributed by atoms with E-state index in [0.29, 0.717) is 5.56 Å². The van der Waals surface area contributed by atoms with Gasteiger partial charge in [-0.15, -0.1) is 11.3 Å². The molecule has 0 fully saturated rings. The zero-order valence-corrected chi connectivity index (χ0v) is 14.1. The number of para-hydroxylation sites is 1. The molecule has 3 rings (SSSR count). The Morgan fingerprint density at radius 1 is 1.43 bits per heavy atom. The summed E-state index contributed by atoms with van der Waals surface area (Å²) in [6.45, 7) is 0. The molecular formula is C16H16BrNO2S. The summed E-state index contributed by atoms with van der Waals surface area (Å²) >= 11 is 5.38. The summed E-state index contributed by atoms with van der Waals surface area (Å²) in [7, 11) is 1.41. The molecule has 0 spiro atoms. The Kier molecular flexibility index (Phi) is 4.31. The van der Waals surface area contributed by atoms with Crippen LogP contribution in [0.4, 0.5) is 5.69 Å². The molecule has 0 aliphatic heterocycles. The van der Waals surface area contributed by atoms with Crippen LogP contribution in [0.25, 0.3) is 0 Å². The molecule has 3 nitrogen and oxygen atoms in total. The molecule has 0 bridgehead atoms. The highest BCUT2D eigenvalue weighted by Gasteiger charge is 2.24. The Morgan fingerprint density at radius 2 is 2.24 bits per heavy atom. The van der Waals surface area contributed by atoms with E-state index >= 15 is 0 Å². The fraction of sp³-hybridized carbons (Fsp3) is 0.312. The van der Waals surface area contributed by atoms with E-state index in [2.05, 4.69) is 27.3 Å². The third kappa shape index (κ3) is 2.99. The maximum absolute atomic E-state index is 11.9. The van der Waals surface area contributed by atoms with E-state index in [4.69, 9.17) is 4.74 Å². The van der Waals surface area contributed by atoms with Gasteiger partial charge in [0.05, 0.1) is 22.5 Å². The Morgan fingerprint density at radius 3 is 3.05 bits per heavy atom. The van der Waals surface area contributed by atoms with Crippen LogP contribution < -0.4 is 5.32 Å². The van der Waals surface area contributed by atoms with Gasteiger partial charge >= 0.3 is 5.97 Å². The van der Waals surface area contributed by atoms with E-state index in [-0.39, 0.29) is 12.0 Å². The number of rotatable bonds is 3. The number of aryl methyl sites for hydroxylation is 1. The predicted molar refractivity (Wildman–Crippen MR) is 89.1 cm³/mol. The molecule has 1 aliphatic rings. The second-order valence-electron chi connectivity index (χ2n) is 5.06. The zero-order valence-electron chi connectivity index (χ0n) is 11.7. The van der Waals surface area contributed by atoms with Crippen LogP contribution in [0.1, 0.15) is 39.7 Å². The smallest absolute Gasteiger partial charge is 0.339 e. The van der Waals surface area contributed by atoms with Crippen molar-refractivity contribution in [3.63, 3.8) is 0 Å². The fourth-order valence-corrected chi connectivity index (χ4v) is 4.58. The number of esters is 1. The monoisotopic (exact) mass is 365 g/mol. The first-order valence-corrected chi connectivity index (χ1v) is 8.52. The van der Waals surface area contributed by atoms with Crippen molar-refractivity contribution in [2.45, 2.75) is 25.3 Å². The third-order valence-electron chi connectivity index (χ3n) is 3.75. The van der Waals surface area contributed by atoms with Gasteiger partial charge < -0.3 is 10.1 Å². The van der Waals surface area contributed by atoms with Crippen molar-refractivity contribution in [1.82, 2.24) is 0 Å². The van der Waals surface area contributed by atoms with Gasteiger partial charge in [0, 0.05) is 10.6 Å². The summed E-state index contributed by atoms with van der Waals surface area (Å²) in [5.41, 5.74) is 2.77. The molecule has 0 saturated carbocycles. The molecule has 1 aromatic heterocycles. The van der Waals surface area contributed by atoms with Gasteiger partial charge in [0.1, 0.15) is 0 Å². The van der Waals surface area contributed by atoms with Gasteiger partial charge in [-0.1, -0.05) is 12.1 Å². The SMILES string of the molecule is COC(=O)c1ccccc1NC1CCCc2sc(Br)cc21. The highest BCUT2D eigenvalue weighted by molar-refractivity contribution is 9.11. The average molecular weight is 366 g/mol. The highest BCUT2D eigenvalue weighted by atomic mass is 79.9. The number of hydrogen-bond donors (Lipinski definition) is 1. The van der Waals surface area contributed by atoms with Crippen molar-refractivity contribution >= 4 is 38.9 Å². The number of hydrogen-bond acceptors (Lipinski definition) is 4. The van der Waals surface area contributed by atoms with Crippen molar-refractivity contribution in [3.05, 3.63) is 50.1 Å². The van der Waals surface area contributed by atoms with Crippen LogP contribution in [0.5, 0.6) is 0 Å². The summed E-state index contributed by atoms with van der Waals surface area (Å²) in [6, 6.07) is 9.95. The van der Waals surface area contributed by atoms with Crippen molar-refractivity contribution < 1.29 is 9.53 Å². The zero-order chi connectivity index (χ0) is 14.8. The number of fused-ring (bicyclic) bond motifs is 1. The largest absolute Gasteiger partial charge is 0.465 e. The summed E-state index contributed by atoms with van der Waals surface area (Å²) < 4.78 is 6.02. The first-order valence-electron chi connectivity index (χ1n) is 6.91. The van der Waals surface area contributed by atoms with Gasteiger partial charge in [-0.2, -0.15) is 0 Å². The van der Waals surface area contributed by atoms with Crippen molar-refractivity contribution in [2.75, 3.05) is 12.4 Å². The molecule has 1 atom stereocenters. The molecule has 1 heterocycles. The van der Waals surface area contributed by atoms with Crippen LogP contribution in [-0.2, 0) is 11.2 Å². The number of anilines is 1. The van der Waals surface area contributed by atoms with E-state index in [1.54, 1.807) is 17.4 Å². The third-order valence-corrected chi connectivity index (χ3v) is 5.46. The second kappa shape index (κ2) is 6.20. The topological polar surface area (TPSA) is 38.3 Å². The Balaban J connectivity index is 1.90. The summed E-state index contributed by atoms with van der Waals surface area (Å²) in [4.78, 5) is 13.3. The number of nitrogens with one attached hydrogen (secondary N) is 1. The number of carbonyl (C=O) groups is 1. The number of ether oxygens (including phenoxy) is 1. The normalized spacial score (nSPS) is 17.1. The molecular weight excluding hydrogens is 350 g/mol. The van der Waals surface area contributed by atoms with Crippen LogP contribution in [0.2, 0.25) is 0 Å². The Hall–Kier alpha value is -1.33. The van der Waals surface area contributed by atoms with E-state index in [0.717, 1.165) is 24.9 Å². The van der Waals surface area contributed by atoms with Gasteiger partial charge in [0.25, 0.3) is 0 Å². The van der Waals surface area contributed by atoms with E-state index in [9.17, 15) is 4.79 Å². The summed E-state index contributed by atoms with van der Waals surface area (Å²) in [6.07, 6.45) is 3.38. The number of benzene rings is 1. The molecule has 0 radical (unpaired) electrons. The minimum absolute atomic E-state index is 0.252. The average Bonchev–Trinajstić information content (AvgIpc) is 2.88. The summed E-state index contributed by atoms with van der Waals surface area (Å²) in [5.74, 6) is -0.305. The van der Waals surface area contributed by atoms with Gasteiger partial charge in [-0.05, 0) is 59.0 Å². The Bertz CT molecular complexity index is 668. The molecule has 0 amide bonds. The molecule has 0 saturated heterocycles. The van der Waals surface area contributed by atoms with Crippen LogP contribution in [0, 0.1) is 0 Å². The number of methoxy groups -OCH3 is 1. The van der Waals surface area contributed by atoms with Gasteiger partial charge in [-0.3, -0.25) is 0 Å². The van der Waals surface area contributed by atoms with Gasteiger partial charge in [0.2, 0.25) is 0 Å². The lowest BCUT2D eigenvalue weighted by Crippen LogP contribution is -2.17. The van der Waals surface area contributed by atoms with Crippen LogP contribution in [-0.4, -0.2) is 13.1 Å². The second-order valence-corrected chi connectivity index (χ2v) is 7.57. The van der Waals surface area contributed by atoms with Crippen LogP contribution in [0.15, 0.2) is 34.1 Å².